The van der Waals surface area contributed by atoms with E-state index >= 15 is 0 Å². The average molecular weight is 704 g/mol. The number of carbonyl (C=O) groups is 3. The van der Waals surface area contributed by atoms with E-state index in [-0.39, 0.29) is 33.4 Å². The Balaban J connectivity index is 1.40. The van der Waals surface area contributed by atoms with Crippen LogP contribution in [0.5, 0.6) is 0 Å². The molecule has 2 unspecified atom stereocenters. The average Bonchev–Trinajstić information content (AvgIpc) is 3.69. The minimum absolute atomic E-state index is 0.0000766. The summed E-state index contributed by atoms with van der Waals surface area (Å²) < 4.78 is 5.48. The number of hydrogen-bond donors (Lipinski definition) is 2. The second-order valence-corrected chi connectivity index (χ2v) is 17.7. The Bertz CT molecular complexity index is 1290. The van der Waals surface area contributed by atoms with E-state index in [2.05, 4.69) is 10.3 Å². The zero-order valence-corrected chi connectivity index (χ0v) is 30.4. The minimum atomic E-state index is -1.32. The molecule has 45 heavy (non-hydrogen) atoms. The number of aromatic nitrogens is 1. The number of thiazole rings is 1. The summed E-state index contributed by atoms with van der Waals surface area (Å²) in [4.78, 5) is 50.1. The van der Waals surface area contributed by atoms with E-state index in [0.717, 1.165) is 29.1 Å². The van der Waals surface area contributed by atoms with Crippen LogP contribution in [0.3, 0.4) is 0 Å². The number of benzene rings is 1. The number of amides is 3. The van der Waals surface area contributed by atoms with Gasteiger partial charge in [-0.1, -0.05) is 0 Å². The Hall–Kier alpha value is -2.46. The molecule has 2 aliphatic rings. The van der Waals surface area contributed by atoms with Gasteiger partial charge in [-0.2, -0.15) is 0 Å². The van der Waals surface area contributed by atoms with Crippen molar-refractivity contribution in [2.45, 2.75) is 95.8 Å². The summed E-state index contributed by atoms with van der Waals surface area (Å²) in [5.74, 6) is -0.0412. The molecule has 2 saturated heterocycles. The van der Waals surface area contributed by atoms with Crippen LogP contribution in [0.15, 0.2) is 35.7 Å². The van der Waals surface area contributed by atoms with Gasteiger partial charge in [0.1, 0.15) is 0 Å². The van der Waals surface area contributed by atoms with Gasteiger partial charge in [0.05, 0.1) is 0 Å². The van der Waals surface area contributed by atoms with Crippen molar-refractivity contribution < 1.29 is 24.2 Å². The number of aliphatic hydroxyl groups is 1. The molecular weight excluding hydrogens is 653 g/mol. The standard InChI is InChI=1S/C33H50AsN5O5S/c1-22(2)29(39-16-15-37(31(39)42)20-25-21-45-23(3)36-25)30(41)34-27(17-24-11-8-7-9-12-24)28(40)19-35-18-26-13-10-14-38(26)32(43)44-33(4,5)6/h7-9,11-12,21-22,26-29,34-35,40H,10,13-20H2,1-6H3/t26?,27-,28+,29-/m0/s1. The maximum absolute atomic E-state index is 14.0. The van der Waals surface area contributed by atoms with Crippen LogP contribution in [-0.4, -0.2) is 114 Å². The van der Waals surface area contributed by atoms with Gasteiger partial charge in [-0.3, -0.25) is 0 Å². The third kappa shape index (κ3) is 10.0. The van der Waals surface area contributed by atoms with E-state index < -0.39 is 33.5 Å². The van der Waals surface area contributed by atoms with Gasteiger partial charge in [0.25, 0.3) is 0 Å². The predicted octanol–water partition coefficient (Wildman–Crippen LogP) is 4.06. The SMILES string of the molecule is Cc1nc(CN2CCN([C@H](C(=O)[AsH][C@@H](Cc3ccccc3)[C@H](O)CNCC3CCCN3C(=O)OC(C)(C)C)C(C)C)C2=O)cs1. The van der Waals surface area contributed by atoms with Crippen molar-refractivity contribution >= 4 is 43.8 Å². The normalized spacial score (nSPS) is 19.6. The van der Waals surface area contributed by atoms with Crippen LogP contribution in [0.1, 0.15) is 63.7 Å². The molecule has 1 aromatic carbocycles. The third-order valence-corrected chi connectivity index (χ3v) is 12.3. The molecule has 0 saturated carbocycles. The van der Waals surface area contributed by atoms with Crippen molar-refractivity contribution in [1.82, 2.24) is 25.0 Å². The Morgan fingerprint density at radius 2 is 1.91 bits per heavy atom. The maximum atomic E-state index is 14.0. The van der Waals surface area contributed by atoms with E-state index in [4.69, 9.17) is 4.74 Å². The molecule has 2 fully saturated rings. The van der Waals surface area contributed by atoms with Crippen LogP contribution in [-0.2, 0) is 22.5 Å². The Labute approximate surface area is 278 Å². The summed E-state index contributed by atoms with van der Waals surface area (Å²) in [7, 11) is 0. The van der Waals surface area contributed by atoms with Gasteiger partial charge in [0.2, 0.25) is 0 Å². The summed E-state index contributed by atoms with van der Waals surface area (Å²) in [6.45, 7) is 14.6. The first kappa shape index (κ1) is 35.4. The molecule has 10 nitrogen and oxygen atoms in total. The summed E-state index contributed by atoms with van der Waals surface area (Å²) in [6, 6.07) is 9.34. The molecular formula is C33H50AsN5O5S. The summed E-state index contributed by atoms with van der Waals surface area (Å²) in [6.07, 6.45) is 1.34. The van der Waals surface area contributed by atoms with E-state index in [0.29, 0.717) is 45.7 Å². The fourth-order valence-electron chi connectivity index (χ4n) is 6.06. The number of ether oxygens (including phenoxy) is 1. The summed E-state index contributed by atoms with van der Waals surface area (Å²) >= 11 is 0.249. The Morgan fingerprint density at radius 3 is 2.56 bits per heavy atom. The first-order chi connectivity index (χ1) is 21.3. The van der Waals surface area contributed by atoms with Crippen molar-refractivity contribution in [2.24, 2.45) is 5.92 Å². The molecule has 3 heterocycles. The number of likely N-dealkylation sites (tertiary alicyclic amines) is 1. The molecule has 0 spiro atoms. The molecule has 2 aromatic rings. The number of hydrogen-bond acceptors (Lipinski definition) is 8. The monoisotopic (exact) mass is 703 g/mol. The molecule has 0 radical (unpaired) electrons. The van der Waals surface area contributed by atoms with Gasteiger partial charge in [-0.05, 0) is 0 Å². The number of nitrogens with one attached hydrogen (secondary N) is 1. The van der Waals surface area contributed by atoms with Gasteiger partial charge in [0.15, 0.2) is 0 Å². The first-order valence-corrected chi connectivity index (χ1v) is 19.2. The molecule has 2 N–H and O–H groups in total. The van der Waals surface area contributed by atoms with Gasteiger partial charge in [-0.15, -0.1) is 0 Å². The zero-order valence-electron chi connectivity index (χ0n) is 27.5. The number of aliphatic hydroxyl groups excluding tert-OH is 1. The molecule has 0 bridgehead atoms. The van der Waals surface area contributed by atoms with Crippen molar-refractivity contribution in [3.05, 3.63) is 52.0 Å². The van der Waals surface area contributed by atoms with Crippen LogP contribution >= 0.6 is 11.3 Å². The fourth-order valence-corrected chi connectivity index (χ4v) is 10.2. The number of carbonyl (C=O) groups excluding carboxylic acids is 3. The molecule has 12 heteroatoms. The van der Waals surface area contributed by atoms with E-state index in [1.807, 2.05) is 77.3 Å². The van der Waals surface area contributed by atoms with Crippen molar-refractivity contribution in [1.29, 1.82) is 0 Å². The second-order valence-electron chi connectivity index (χ2n) is 13.4. The van der Waals surface area contributed by atoms with E-state index in [9.17, 15) is 19.5 Å². The van der Waals surface area contributed by atoms with Crippen molar-refractivity contribution in [2.75, 3.05) is 32.7 Å². The van der Waals surface area contributed by atoms with E-state index in [1.165, 1.54) is 0 Å². The molecule has 2 aliphatic heterocycles. The quantitative estimate of drug-likeness (QED) is 0.286. The van der Waals surface area contributed by atoms with Crippen LogP contribution in [0.2, 0.25) is 4.71 Å². The molecule has 248 valence electrons. The van der Waals surface area contributed by atoms with Gasteiger partial charge in [-0.25, -0.2) is 0 Å². The van der Waals surface area contributed by atoms with Crippen LogP contribution < -0.4 is 5.32 Å². The fraction of sp³-hybridized carbons (Fsp3) is 0.636. The zero-order chi connectivity index (χ0) is 32.7. The summed E-state index contributed by atoms with van der Waals surface area (Å²) in [5.41, 5.74) is 1.40. The number of urea groups is 1. The van der Waals surface area contributed by atoms with Crippen LogP contribution in [0, 0.1) is 12.8 Å². The Kier molecular flexibility index (Phi) is 12.5. The van der Waals surface area contributed by atoms with Crippen molar-refractivity contribution in [3.8, 4) is 0 Å². The molecule has 0 aliphatic carbocycles. The number of aryl methyl sites for hydroxylation is 1. The first-order valence-electron chi connectivity index (χ1n) is 16.0. The molecule has 4 rings (SSSR count). The predicted molar refractivity (Wildman–Crippen MR) is 179 cm³/mol. The van der Waals surface area contributed by atoms with Gasteiger partial charge in [0, 0.05) is 0 Å². The summed E-state index contributed by atoms with van der Waals surface area (Å²) in [5, 5.41) is 17.8. The molecule has 1 aromatic heterocycles. The second kappa shape index (κ2) is 15.9. The van der Waals surface area contributed by atoms with Gasteiger partial charge < -0.3 is 0 Å². The van der Waals surface area contributed by atoms with Crippen LogP contribution in [0.25, 0.3) is 0 Å². The van der Waals surface area contributed by atoms with E-state index in [1.54, 1.807) is 26.0 Å². The van der Waals surface area contributed by atoms with Crippen molar-refractivity contribution in [3.63, 3.8) is 0 Å². The van der Waals surface area contributed by atoms with Gasteiger partial charge >= 0.3 is 279 Å². The number of nitrogens with zero attached hydrogens (tertiary/aromatic N) is 4. The molecule has 3 amide bonds. The van der Waals surface area contributed by atoms with Crippen LogP contribution in [0.4, 0.5) is 9.59 Å². The Morgan fingerprint density at radius 1 is 1.18 bits per heavy atom. The topological polar surface area (TPSA) is 115 Å². The molecule has 5 atom stereocenters. The number of rotatable bonds is 14. The third-order valence-electron chi connectivity index (χ3n) is 8.21.